The summed E-state index contributed by atoms with van der Waals surface area (Å²) < 4.78 is 14.3. The van der Waals surface area contributed by atoms with E-state index < -0.39 is 11.7 Å². The van der Waals surface area contributed by atoms with Crippen LogP contribution >= 0.6 is 0 Å². The number of anilines is 1. The molecule has 2 N–H and O–H groups in total. The molecule has 11 nitrogen and oxygen atoms in total. The van der Waals surface area contributed by atoms with Crippen molar-refractivity contribution in [3.05, 3.63) is 65.5 Å². The van der Waals surface area contributed by atoms with Gasteiger partial charge in [0.2, 0.25) is 5.88 Å². The number of fused-ring (bicyclic) bond motifs is 1. The number of para-hydroxylation sites is 1. The third kappa shape index (κ3) is 4.47. The minimum Gasteiger partial charge on any atom is -0.444 e. The molecule has 4 aromatic rings. The number of nitrogens with two attached hydrogens (primary N) is 1. The number of pyridine rings is 1. The Morgan fingerprint density at radius 1 is 1.08 bits per heavy atom. The van der Waals surface area contributed by atoms with Crippen LogP contribution in [0.5, 0.6) is 11.6 Å². The van der Waals surface area contributed by atoms with Crippen LogP contribution in [-0.2, 0) is 4.74 Å². The van der Waals surface area contributed by atoms with Crippen molar-refractivity contribution in [2.75, 3.05) is 18.8 Å². The Morgan fingerprint density at radius 2 is 1.86 bits per heavy atom. The molecule has 36 heavy (non-hydrogen) atoms. The number of imidazole rings is 1. The van der Waals surface area contributed by atoms with Gasteiger partial charge < -0.3 is 20.1 Å². The zero-order valence-electron chi connectivity index (χ0n) is 20.3. The molecule has 0 aliphatic carbocycles. The average Bonchev–Trinajstić information content (AvgIpc) is 3.42. The van der Waals surface area contributed by atoms with E-state index in [9.17, 15) is 9.59 Å². The molecule has 1 saturated heterocycles. The topological polar surface area (TPSA) is 130 Å². The van der Waals surface area contributed by atoms with Crippen molar-refractivity contribution in [3.8, 4) is 17.3 Å². The smallest absolute Gasteiger partial charge is 0.410 e. The third-order valence-electron chi connectivity index (χ3n) is 5.81. The number of carbonyl (C=O) groups is 1. The van der Waals surface area contributed by atoms with Gasteiger partial charge in [-0.05, 0) is 45.4 Å². The van der Waals surface area contributed by atoms with Crippen LogP contribution < -0.4 is 16.2 Å². The molecular formula is C25H27N7O4. The van der Waals surface area contributed by atoms with Crippen molar-refractivity contribution in [3.63, 3.8) is 0 Å². The van der Waals surface area contributed by atoms with Crippen LogP contribution in [0.3, 0.4) is 0 Å². The van der Waals surface area contributed by atoms with Crippen LogP contribution in [0.15, 0.2) is 59.8 Å². The first-order chi connectivity index (χ1) is 17.2. The van der Waals surface area contributed by atoms with Crippen molar-refractivity contribution >= 4 is 23.1 Å². The average molecular weight is 490 g/mol. The van der Waals surface area contributed by atoms with Gasteiger partial charge in [-0.3, -0.25) is 9.13 Å². The van der Waals surface area contributed by atoms with Gasteiger partial charge in [0, 0.05) is 19.2 Å². The molecule has 1 aliphatic rings. The quantitative estimate of drug-likeness (QED) is 0.461. The summed E-state index contributed by atoms with van der Waals surface area (Å²) in [6.07, 6.45) is 3.03. The zero-order valence-corrected chi connectivity index (χ0v) is 20.3. The van der Waals surface area contributed by atoms with Gasteiger partial charge in [0.25, 0.3) is 0 Å². The Hall–Kier alpha value is -4.41. The molecule has 186 valence electrons. The fourth-order valence-corrected chi connectivity index (χ4v) is 4.26. The van der Waals surface area contributed by atoms with E-state index in [1.165, 1.54) is 17.1 Å². The number of nitrogens with zero attached hydrogens (tertiary/aromatic N) is 6. The number of hydrogen-bond acceptors (Lipinski definition) is 8. The number of carbonyl (C=O) groups excluding carboxylic acids is 1. The van der Waals surface area contributed by atoms with Gasteiger partial charge in [-0.2, -0.15) is 0 Å². The Balaban J connectivity index is 1.49. The van der Waals surface area contributed by atoms with Gasteiger partial charge >= 0.3 is 11.8 Å². The number of ether oxygens (including phenoxy) is 2. The molecule has 0 unspecified atom stereocenters. The van der Waals surface area contributed by atoms with E-state index in [0.29, 0.717) is 48.0 Å². The Bertz CT molecular complexity index is 1460. The molecule has 11 heteroatoms. The summed E-state index contributed by atoms with van der Waals surface area (Å²) in [5.41, 5.74) is 6.53. The largest absolute Gasteiger partial charge is 0.444 e. The molecule has 1 amide bonds. The van der Waals surface area contributed by atoms with E-state index in [1.807, 2.05) is 51.1 Å². The second-order valence-corrected chi connectivity index (χ2v) is 9.56. The first-order valence-electron chi connectivity index (χ1n) is 11.6. The highest BCUT2D eigenvalue weighted by atomic mass is 16.6. The van der Waals surface area contributed by atoms with Gasteiger partial charge in [0.05, 0.1) is 17.9 Å². The van der Waals surface area contributed by atoms with Crippen molar-refractivity contribution in [2.24, 2.45) is 0 Å². The molecule has 0 radical (unpaired) electrons. The SMILES string of the molecule is CC(C)(C)OC(=O)N1CC[C@@H](n2c(=O)n(-c3ccc(Oc4ccccc4)nc3)c3c(N)ncnc32)C1. The van der Waals surface area contributed by atoms with Crippen LogP contribution in [0, 0.1) is 0 Å². The van der Waals surface area contributed by atoms with E-state index in [1.54, 1.807) is 21.6 Å². The molecule has 1 aromatic carbocycles. The lowest BCUT2D eigenvalue weighted by atomic mass is 10.2. The summed E-state index contributed by atoms with van der Waals surface area (Å²) in [4.78, 5) is 40.7. The monoisotopic (exact) mass is 489 g/mol. The van der Waals surface area contributed by atoms with Gasteiger partial charge in [-0.25, -0.2) is 24.5 Å². The van der Waals surface area contributed by atoms with Crippen LogP contribution in [-0.4, -0.2) is 53.8 Å². The second-order valence-electron chi connectivity index (χ2n) is 9.56. The molecule has 1 aliphatic heterocycles. The highest BCUT2D eigenvalue weighted by Crippen LogP contribution is 2.28. The van der Waals surface area contributed by atoms with Gasteiger partial charge in [-0.15, -0.1) is 0 Å². The molecule has 4 heterocycles. The number of likely N-dealkylation sites (tertiary alicyclic amines) is 1. The molecule has 0 spiro atoms. The maximum atomic E-state index is 13.7. The second kappa shape index (κ2) is 8.99. The summed E-state index contributed by atoms with van der Waals surface area (Å²) >= 11 is 0. The molecule has 0 saturated carbocycles. The lowest BCUT2D eigenvalue weighted by Gasteiger charge is -2.24. The Labute approximate surface area is 207 Å². The number of hydrogen-bond donors (Lipinski definition) is 1. The van der Waals surface area contributed by atoms with E-state index >= 15 is 0 Å². The van der Waals surface area contributed by atoms with Crippen molar-refractivity contribution in [1.29, 1.82) is 0 Å². The zero-order chi connectivity index (χ0) is 25.4. The molecule has 1 fully saturated rings. The van der Waals surface area contributed by atoms with Crippen LogP contribution in [0.1, 0.15) is 33.2 Å². The minimum absolute atomic E-state index is 0.169. The number of benzene rings is 1. The molecule has 1 atom stereocenters. The van der Waals surface area contributed by atoms with Gasteiger partial charge in [0.15, 0.2) is 11.5 Å². The van der Waals surface area contributed by atoms with E-state index in [-0.39, 0.29) is 17.5 Å². The lowest BCUT2D eigenvalue weighted by Crippen LogP contribution is -2.36. The Morgan fingerprint density at radius 3 is 2.56 bits per heavy atom. The summed E-state index contributed by atoms with van der Waals surface area (Å²) in [5.74, 6) is 1.21. The number of amides is 1. The molecular weight excluding hydrogens is 462 g/mol. The number of rotatable bonds is 4. The van der Waals surface area contributed by atoms with Crippen LogP contribution in [0.25, 0.3) is 16.9 Å². The first kappa shape index (κ1) is 23.3. The lowest BCUT2D eigenvalue weighted by molar-refractivity contribution is 0.0289. The highest BCUT2D eigenvalue weighted by molar-refractivity contribution is 5.84. The molecule has 3 aromatic heterocycles. The van der Waals surface area contributed by atoms with Gasteiger partial charge in [-0.1, -0.05) is 18.2 Å². The van der Waals surface area contributed by atoms with E-state index in [0.717, 1.165) is 0 Å². The van der Waals surface area contributed by atoms with Crippen molar-refractivity contribution in [1.82, 2.24) is 29.0 Å². The Kier molecular flexibility index (Phi) is 5.83. The molecule has 5 rings (SSSR count). The van der Waals surface area contributed by atoms with E-state index in [2.05, 4.69) is 15.0 Å². The van der Waals surface area contributed by atoms with Gasteiger partial charge in [0.1, 0.15) is 23.2 Å². The summed E-state index contributed by atoms with van der Waals surface area (Å²) in [7, 11) is 0. The number of aromatic nitrogens is 5. The maximum Gasteiger partial charge on any atom is 0.410 e. The number of nitrogen functional groups attached to an aromatic ring is 1. The van der Waals surface area contributed by atoms with Crippen molar-refractivity contribution in [2.45, 2.75) is 38.8 Å². The first-order valence-corrected chi connectivity index (χ1v) is 11.6. The maximum absolute atomic E-state index is 13.7. The normalized spacial score (nSPS) is 15.9. The van der Waals surface area contributed by atoms with Crippen LogP contribution in [0.4, 0.5) is 10.6 Å². The molecule has 0 bridgehead atoms. The third-order valence-corrected chi connectivity index (χ3v) is 5.81. The standard InChI is InChI=1S/C25H27N7O4/c1-25(2,3)36-24(34)30-12-11-17(14-30)32-22-20(21(26)28-15-29-22)31(23(32)33)16-9-10-19(27-13-16)35-18-7-5-4-6-8-18/h4-10,13,15,17H,11-12,14H2,1-3H3,(H2,26,28,29)/t17-/m1/s1. The predicted octanol–water partition coefficient (Wildman–Crippen LogP) is 3.53. The fourth-order valence-electron chi connectivity index (χ4n) is 4.26. The minimum atomic E-state index is -0.604. The van der Waals surface area contributed by atoms with Crippen molar-refractivity contribution < 1.29 is 14.3 Å². The summed E-state index contributed by atoms with van der Waals surface area (Å²) in [6, 6.07) is 12.4. The predicted molar refractivity (Wildman–Crippen MR) is 133 cm³/mol. The van der Waals surface area contributed by atoms with Crippen LogP contribution in [0.2, 0.25) is 0 Å². The van der Waals surface area contributed by atoms with E-state index in [4.69, 9.17) is 15.2 Å². The highest BCUT2D eigenvalue weighted by Gasteiger charge is 2.34. The summed E-state index contributed by atoms with van der Waals surface area (Å²) in [6.45, 7) is 6.24. The fraction of sp³-hybridized carbons (Fsp3) is 0.320. The summed E-state index contributed by atoms with van der Waals surface area (Å²) in [5, 5.41) is 0.